The summed E-state index contributed by atoms with van der Waals surface area (Å²) in [6.07, 6.45) is -3.14. The van der Waals surface area contributed by atoms with Gasteiger partial charge >= 0.3 is 12.1 Å². The molecule has 1 aromatic heterocycles. The Morgan fingerprint density at radius 1 is 1.11 bits per heavy atom. The van der Waals surface area contributed by atoms with Crippen molar-refractivity contribution in [3.05, 3.63) is 57.3 Å². The molecule has 196 valence electrons. The summed E-state index contributed by atoms with van der Waals surface area (Å²) in [6.45, 7) is 5.69. The Labute approximate surface area is 212 Å². The smallest absolute Gasteiger partial charge is 0.475 e. The molecule has 2 aromatic rings. The lowest BCUT2D eigenvalue weighted by molar-refractivity contribution is -0.192. The zero-order chi connectivity index (χ0) is 26.7. The SMILES string of the molecule is Cc1ccsc1C(=O)N1Cc2ccccc2C2(CCN(CC(=O)N(C)C)CC2)C1.O=C(O)C(F)(F)F. The van der Waals surface area contributed by atoms with Gasteiger partial charge in [0.25, 0.3) is 5.91 Å². The number of hydrogen-bond donors (Lipinski definition) is 1. The number of amides is 2. The molecule has 0 unspecified atom stereocenters. The van der Waals surface area contributed by atoms with Crippen LogP contribution >= 0.6 is 11.3 Å². The van der Waals surface area contributed by atoms with E-state index in [1.54, 1.807) is 19.0 Å². The Bertz CT molecular complexity index is 1110. The van der Waals surface area contributed by atoms with E-state index < -0.39 is 12.1 Å². The molecule has 0 radical (unpaired) electrons. The van der Waals surface area contributed by atoms with Gasteiger partial charge in [-0.1, -0.05) is 24.3 Å². The molecule has 0 atom stereocenters. The molecule has 2 aliphatic heterocycles. The Kier molecular flexibility index (Phi) is 8.45. The van der Waals surface area contributed by atoms with Crippen LogP contribution < -0.4 is 0 Å². The van der Waals surface area contributed by atoms with Crippen molar-refractivity contribution in [3.63, 3.8) is 0 Å². The Morgan fingerprint density at radius 3 is 2.25 bits per heavy atom. The Morgan fingerprint density at radius 2 is 1.72 bits per heavy atom. The molecule has 11 heteroatoms. The van der Waals surface area contributed by atoms with Crippen LogP contribution in [0.4, 0.5) is 13.2 Å². The quantitative estimate of drug-likeness (QED) is 0.660. The highest BCUT2D eigenvalue weighted by Crippen LogP contribution is 2.42. The third-order valence-electron chi connectivity index (χ3n) is 6.70. The average molecular weight is 526 g/mol. The van der Waals surface area contributed by atoms with Crippen molar-refractivity contribution in [1.29, 1.82) is 0 Å². The summed E-state index contributed by atoms with van der Waals surface area (Å²) in [5, 5.41) is 9.12. The molecule has 1 aromatic carbocycles. The number of aryl methyl sites for hydroxylation is 1. The number of halogens is 3. The van der Waals surface area contributed by atoms with Crippen molar-refractivity contribution in [3.8, 4) is 0 Å². The number of thiophene rings is 1. The first-order chi connectivity index (χ1) is 16.8. The fourth-order valence-electron chi connectivity index (χ4n) is 4.67. The van der Waals surface area contributed by atoms with Crippen LogP contribution in [0.2, 0.25) is 0 Å². The van der Waals surface area contributed by atoms with Crippen LogP contribution in [0.25, 0.3) is 0 Å². The monoisotopic (exact) mass is 525 g/mol. The fraction of sp³-hybridized carbons (Fsp3) is 0.480. The highest BCUT2D eigenvalue weighted by atomic mass is 32.1. The lowest BCUT2D eigenvalue weighted by atomic mass is 9.68. The second-order valence-electron chi connectivity index (χ2n) is 9.40. The minimum atomic E-state index is -5.08. The molecular weight excluding hydrogens is 495 g/mol. The molecule has 1 spiro atoms. The van der Waals surface area contributed by atoms with Gasteiger partial charge in [-0.25, -0.2) is 4.79 Å². The molecule has 1 N–H and O–H groups in total. The molecule has 7 nitrogen and oxygen atoms in total. The minimum absolute atomic E-state index is 0.0205. The van der Waals surface area contributed by atoms with Crippen LogP contribution in [-0.4, -0.2) is 84.0 Å². The van der Waals surface area contributed by atoms with Crippen molar-refractivity contribution in [2.75, 3.05) is 40.3 Å². The highest BCUT2D eigenvalue weighted by molar-refractivity contribution is 7.12. The topological polar surface area (TPSA) is 81.2 Å². The van der Waals surface area contributed by atoms with Gasteiger partial charge in [-0.15, -0.1) is 11.3 Å². The van der Waals surface area contributed by atoms with Crippen LogP contribution in [0.1, 0.15) is 39.2 Å². The number of carboxylic acid groups (broad SMARTS) is 1. The predicted octanol–water partition coefficient (Wildman–Crippen LogP) is 3.77. The predicted molar refractivity (Wildman–Crippen MR) is 130 cm³/mol. The maximum Gasteiger partial charge on any atom is 0.490 e. The van der Waals surface area contributed by atoms with Crippen LogP contribution in [0.15, 0.2) is 35.7 Å². The van der Waals surface area contributed by atoms with E-state index in [-0.39, 0.29) is 17.2 Å². The van der Waals surface area contributed by atoms with Gasteiger partial charge in [0, 0.05) is 32.6 Å². The minimum Gasteiger partial charge on any atom is -0.475 e. The number of carbonyl (C=O) groups excluding carboxylic acids is 2. The average Bonchev–Trinajstić information content (AvgIpc) is 3.25. The first-order valence-corrected chi connectivity index (χ1v) is 12.4. The van der Waals surface area contributed by atoms with Gasteiger partial charge in [-0.2, -0.15) is 13.2 Å². The second kappa shape index (κ2) is 11.0. The summed E-state index contributed by atoms with van der Waals surface area (Å²) in [7, 11) is 3.61. The molecule has 2 aliphatic rings. The first kappa shape index (κ1) is 27.7. The largest absolute Gasteiger partial charge is 0.490 e. The molecule has 0 aliphatic carbocycles. The van der Waals surface area contributed by atoms with E-state index in [1.165, 1.54) is 22.5 Å². The molecular formula is C25H30F3N3O4S. The number of hydrogen-bond acceptors (Lipinski definition) is 5. The third kappa shape index (κ3) is 6.25. The molecule has 4 rings (SSSR count). The maximum absolute atomic E-state index is 13.3. The van der Waals surface area contributed by atoms with Crippen LogP contribution in [-0.2, 0) is 21.5 Å². The van der Waals surface area contributed by atoms with E-state index in [4.69, 9.17) is 9.90 Å². The van der Waals surface area contributed by atoms with E-state index >= 15 is 0 Å². The highest BCUT2D eigenvalue weighted by Gasteiger charge is 2.43. The van der Waals surface area contributed by atoms with Gasteiger partial charge in [-0.05, 0) is 61.0 Å². The number of fused-ring (bicyclic) bond motifs is 2. The first-order valence-electron chi connectivity index (χ1n) is 11.5. The molecule has 1 fully saturated rings. The summed E-state index contributed by atoms with van der Waals surface area (Å²) < 4.78 is 31.7. The van der Waals surface area contributed by atoms with E-state index in [1.807, 2.05) is 23.3 Å². The summed E-state index contributed by atoms with van der Waals surface area (Å²) >= 11 is 1.54. The summed E-state index contributed by atoms with van der Waals surface area (Å²) in [6, 6.07) is 10.6. The van der Waals surface area contributed by atoms with E-state index in [0.29, 0.717) is 13.1 Å². The number of piperidine rings is 1. The van der Waals surface area contributed by atoms with Gasteiger partial charge in [0.05, 0.1) is 11.4 Å². The Balaban J connectivity index is 0.000000454. The van der Waals surface area contributed by atoms with Gasteiger partial charge in [0.1, 0.15) is 0 Å². The molecule has 1 saturated heterocycles. The van der Waals surface area contributed by atoms with Crippen LogP contribution in [0, 0.1) is 6.92 Å². The fourth-order valence-corrected chi connectivity index (χ4v) is 5.56. The van der Waals surface area contributed by atoms with Gasteiger partial charge in [0.2, 0.25) is 5.91 Å². The number of carboxylic acids is 1. The van der Waals surface area contributed by atoms with Crippen LogP contribution in [0.3, 0.4) is 0 Å². The van der Waals surface area contributed by atoms with E-state index in [0.717, 1.165) is 42.9 Å². The zero-order valence-corrected chi connectivity index (χ0v) is 21.3. The number of alkyl halides is 3. The van der Waals surface area contributed by atoms with Crippen molar-refractivity contribution < 1.29 is 32.7 Å². The number of rotatable bonds is 3. The normalized spacial score (nSPS) is 17.1. The number of likely N-dealkylation sites (tertiary alicyclic amines) is 1. The number of nitrogens with zero attached hydrogens (tertiary/aromatic N) is 3. The number of likely N-dealkylation sites (N-methyl/N-ethyl adjacent to an activating group) is 1. The summed E-state index contributed by atoms with van der Waals surface area (Å²) in [5.41, 5.74) is 3.70. The standard InChI is InChI=1S/C23H29N3O2S.C2HF3O2/c1-17-8-13-29-21(17)22(28)26-14-18-6-4-5-7-19(18)23(16-26)9-11-25(12-10-23)15-20(27)24(2)3;3-2(4,5)1(6)7/h4-8,13H,9-12,14-16H2,1-3H3;(H,6,7). The van der Waals surface area contributed by atoms with Crippen molar-refractivity contribution >= 4 is 29.1 Å². The molecule has 0 bridgehead atoms. The molecule has 0 saturated carbocycles. The summed E-state index contributed by atoms with van der Waals surface area (Å²) in [5.74, 6) is -2.46. The Hall–Kier alpha value is -2.92. The number of benzene rings is 1. The maximum atomic E-state index is 13.3. The lowest BCUT2D eigenvalue weighted by Gasteiger charge is -2.48. The second-order valence-corrected chi connectivity index (χ2v) is 10.3. The van der Waals surface area contributed by atoms with Gasteiger partial charge < -0.3 is 14.9 Å². The molecule has 3 heterocycles. The van der Waals surface area contributed by atoms with Gasteiger partial charge in [0.15, 0.2) is 0 Å². The number of carbonyl (C=O) groups is 3. The van der Waals surface area contributed by atoms with Crippen molar-refractivity contribution in [1.82, 2.24) is 14.7 Å². The van der Waals surface area contributed by atoms with E-state index in [9.17, 15) is 22.8 Å². The molecule has 2 amide bonds. The summed E-state index contributed by atoms with van der Waals surface area (Å²) in [4.78, 5) is 41.1. The third-order valence-corrected chi connectivity index (χ3v) is 7.70. The van der Waals surface area contributed by atoms with Crippen molar-refractivity contribution in [2.24, 2.45) is 0 Å². The lowest BCUT2D eigenvalue weighted by Crippen LogP contribution is -2.54. The van der Waals surface area contributed by atoms with Gasteiger partial charge in [-0.3, -0.25) is 14.5 Å². The van der Waals surface area contributed by atoms with Crippen LogP contribution in [0.5, 0.6) is 0 Å². The van der Waals surface area contributed by atoms with Crippen molar-refractivity contribution in [2.45, 2.75) is 37.9 Å². The van der Waals surface area contributed by atoms with E-state index in [2.05, 4.69) is 29.2 Å². The molecule has 36 heavy (non-hydrogen) atoms. The number of aliphatic carboxylic acids is 1. The zero-order valence-electron chi connectivity index (χ0n) is 20.5.